The van der Waals surface area contributed by atoms with E-state index in [1.54, 1.807) is 12.3 Å². The van der Waals surface area contributed by atoms with Crippen molar-refractivity contribution in [3.05, 3.63) is 29.8 Å². The summed E-state index contributed by atoms with van der Waals surface area (Å²) in [6.07, 6.45) is 5.51. The van der Waals surface area contributed by atoms with Crippen molar-refractivity contribution in [3.63, 3.8) is 0 Å². The average molecular weight is 251 g/mol. The Kier molecular flexibility index (Phi) is 4.66. The van der Waals surface area contributed by atoms with Gasteiger partial charge in [-0.05, 0) is 50.9 Å². The van der Waals surface area contributed by atoms with E-state index in [0.29, 0.717) is 12.0 Å². The molecular formula is C14H22FN3. The summed E-state index contributed by atoms with van der Waals surface area (Å²) in [6.45, 7) is 5.22. The zero-order valence-electron chi connectivity index (χ0n) is 11.2. The summed E-state index contributed by atoms with van der Waals surface area (Å²) < 4.78 is 13.1. The van der Waals surface area contributed by atoms with Gasteiger partial charge in [-0.2, -0.15) is 0 Å². The molecule has 2 atom stereocenters. The monoisotopic (exact) mass is 251 g/mol. The second kappa shape index (κ2) is 6.25. The number of likely N-dealkylation sites (tertiary alicyclic amines) is 1. The third-order valence-electron chi connectivity index (χ3n) is 3.87. The van der Waals surface area contributed by atoms with Gasteiger partial charge in [0.05, 0.1) is 6.20 Å². The molecule has 1 aromatic heterocycles. The molecule has 4 heteroatoms. The van der Waals surface area contributed by atoms with Crippen molar-refractivity contribution in [1.82, 2.24) is 15.2 Å². The largest absolute Gasteiger partial charge is 0.317 e. The van der Waals surface area contributed by atoms with Crippen LogP contribution >= 0.6 is 0 Å². The van der Waals surface area contributed by atoms with Gasteiger partial charge in [-0.1, -0.05) is 0 Å². The van der Waals surface area contributed by atoms with E-state index >= 15 is 0 Å². The van der Waals surface area contributed by atoms with Crippen LogP contribution in [0.5, 0.6) is 0 Å². The summed E-state index contributed by atoms with van der Waals surface area (Å²) in [4.78, 5) is 6.31. The lowest BCUT2D eigenvalue weighted by Gasteiger charge is -2.35. The van der Waals surface area contributed by atoms with Crippen molar-refractivity contribution in [2.24, 2.45) is 5.92 Å². The predicted octanol–water partition coefficient (Wildman–Crippen LogP) is 2.04. The second-order valence-corrected chi connectivity index (χ2v) is 5.23. The number of halogens is 1. The van der Waals surface area contributed by atoms with Crippen LogP contribution in [0, 0.1) is 11.7 Å². The molecule has 1 fully saturated rings. The first-order valence-corrected chi connectivity index (χ1v) is 6.68. The Labute approximate surface area is 108 Å². The first-order chi connectivity index (χ1) is 8.69. The maximum absolute atomic E-state index is 13.1. The fraction of sp³-hybridized carbons (Fsp3) is 0.643. The van der Waals surface area contributed by atoms with Crippen LogP contribution in [-0.2, 0) is 6.54 Å². The van der Waals surface area contributed by atoms with Crippen LogP contribution in [0.1, 0.15) is 25.3 Å². The van der Waals surface area contributed by atoms with Crippen LogP contribution in [0.25, 0.3) is 0 Å². The van der Waals surface area contributed by atoms with E-state index in [1.165, 1.54) is 19.0 Å². The Morgan fingerprint density at radius 1 is 1.56 bits per heavy atom. The highest BCUT2D eigenvalue weighted by Crippen LogP contribution is 2.21. The van der Waals surface area contributed by atoms with Crippen molar-refractivity contribution in [3.8, 4) is 0 Å². The number of aromatic nitrogens is 1. The van der Waals surface area contributed by atoms with Gasteiger partial charge in [0.1, 0.15) is 5.82 Å². The Bertz CT molecular complexity index is 383. The van der Waals surface area contributed by atoms with Gasteiger partial charge in [-0.3, -0.25) is 9.88 Å². The topological polar surface area (TPSA) is 28.2 Å². The molecule has 0 spiro atoms. The highest BCUT2D eigenvalue weighted by molar-refractivity contribution is 5.10. The van der Waals surface area contributed by atoms with Crippen molar-refractivity contribution >= 4 is 0 Å². The number of hydrogen-bond acceptors (Lipinski definition) is 3. The summed E-state index contributed by atoms with van der Waals surface area (Å²) >= 11 is 0. The van der Waals surface area contributed by atoms with E-state index < -0.39 is 0 Å². The quantitative estimate of drug-likeness (QED) is 0.887. The fourth-order valence-electron chi connectivity index (χ4n) is 2.68. The SMILES string of the molecule is CNC(C)C1CCCN(Cc2cncc(F)c2)C1. The Morgan fingerprint density at radius 3 is 3.11 bits per heavy atom. The van der Waals surface area contributed by atoms with Crippen LogP contribution in [0.3, 0.4) is 0 Å². The van der Waals surface area contributed by atoms with E-state index in [-0.39, 0.29) is 5.82 Å². The zero-order valence-corrected chi connectivity index (χ0v) is 11.2. The Morgan fingerprint density at radius 2 is 2.39 bits per heavy atom. The lowest BCUT2D eigenvalue weighted by Crippen LogP contribution is -2.43. The van der Waals surface area contributed by atoms with E-state index in [9.17, 15) is 4.39 Å². The van der Waals surface area contributed by atoms with Crippen LogP contribution < -0.4 is 5.32 Å². The lowest BCUT2D eigenvalue weighted by molar-refractivity contribution is 0.146. The van der Waals surface area contributed by atoms with Crippen LogP contribution in [-0.4, -0.2) is 36.1 Å². The third kappa shape index (κ3) is 3.50. The number of rotatable bonds is 4. The second-order valence-electron chi connectivity index (χ2n) is 5.23. The molecule has 0 aromatic carbocycles. The number of hydrogen-bond donors (Lipinski definition) is 1. The standard InChI is InChI=1S/C14H22FN3/c1-11(16-2)13-4-3-5-18(10-13)9-12-6-14(15)8-17-7-12/h6-8,11,13,16H,3-5,9-10H2,1-2H3. The molecule has 1 N–H and O–H groups in total. The molecule has 2 unspecified atom stereocenters. The molecule has 0 aliphatic carbocycles. The first kappa shape index (κ1) is 13.4. The highest BCUT2D eigenvalue weighted by Gasteiger charge is 2.23. The average Bonchev–Trinajstić information content (AvgIpc) is 2.38. The molecule has 100 valence electrons. The van der Waals surface area contributed by atoms with E-state index in [1.807, 2.05) is 7.05 Å². The molecule has 1 aliphatic heterocycles. The van der Waals surface area contributed by atoms with Gasteiger partial charge in [0, 0.05) is 25.3 Å². The number of nitrogens with one attached hydrogen (secondary N) is 1. The fourth-order valence-corrected chi connectivity index (χ4v) is 2.68. The van der Waals surface area contributed by atoms with E-state index in [4.69, 9.17) is 0 Å². The summed E-state index contributed by atoms with van der Waals surface area (Å²) in [7, 11) is 2.01. The maximum Gasteiger partial charge on any atom is 0.141 e. The summed E-state index contributed by atoms with van der Waals surface area (Å²) in [5, 5.41) is 3.33. The number of pyridine rings is 1. The van der Waals surface area contributed by atoms with Crippen molar-refractivity contribution in [2.45, 2.75) is 32.4 Å². The zero-order chi connectivity index (χ0) is 13.0. The molecule has 0 saturated carbocycles. The van der Waals surface area contributed by atoms with E-state index in [0.717, 1.165) is 25.2 Å². The lowest BCUT2D eigenvalue weighted by atomic mass is 9.91. The first-order valence-electron chi connectivity index (χ1n) is 6.68. The number of piperidine rings is 1. The predicted molar refractivity (Wildman–Crippen MR) is 70.7 cm³/mol. The van der Waals surface area contributed by atoms with Gasteiger partial charge in [0.2, 0.25) is 0 Å². The van der Waals surface area contributed by atoms with Gasteiger partial charge in [0.15, 0.2) is 0 Å². The molecule has 0 bridgehead atoms. The molecule has 3 nitrogen and oxygen atoms in total. The summed E-state index contributed by atoms with van der Waals surface area (Å²) in [5.74, 6) is 0.440. The molecule has 2 rings (SSSR count). The summed E-state index contributed by atoms with van der Waals surface area (Å²) in [5.41, 5.74) is 0.966. The Hall–Kier alpha value is -1.00. The molecule has 1 saturated heterocycles. The molecule has 0 amide bonds. The molecule has 0 radical (unpaired) electrons. The van der Waals surface area contributed by atoms with Gasteiger partial charge in [-0.25, -0.2) is 4.39 Å². The molecule has 1 aromatic rings. The maximum atomic E-state index is 13.1. The highest BCUT2D eigenvalue weighted by atomic mass is 19.1. The normalized spacial score (nSPS) is 22.9. The number of nitrogens with zero attached hydrogens (tertiary/aromatic N) is 2. The van der Waals surface area contributed by atoms with Gasteiger partial charge in [-0.15, -0.1) is 0 Å². The van der Waals surface area contributed by atoms with Gasteiger partial charge in [0.25, 0.3) is 0 Å². The van der Waals surface area contributed by atoms with Crippen LogP contribution in [0.2, 0.25) is 0 Å². The van der Waals surface area contributed by atoms with Crippen molar-refractivity contribution < 1.29 is 4.39 Å². The van der Waals surface area contributed by atoms with Crippen LogP contribution in [0.15, 0.2) is 18.5 Å². The minimum atomic E-state index is -0.246. The Balaban J connectivity index is 1.93. The summed E-state index contributed by atoms with van der Waals surface area (Å²) in [6, 6.07) is 2.12. The molecule has 18 heavy (non-hydrogen) atoms. The molecule has 1 aliphatic rings. The van der Waals surface area contributed by atoms with Crippen molar-refractivity contribution in [2.75, 3.05) is 20.1 Å². The molecular weight excluding hydrogens is 229 g/mol. The van der Waals surface area contributed by atoms with Crippen LogP contribution in [0.4, 0.5) is 4.39 Å². The van der Waals surface area contributed by atoms with Gasteiger partial charge < -0.3 is 5.32 Å². The third-order valence-corrected chi connectivity index (χ3v) is 3.87. The van der Waals surface area contributed by atoms with E-state index in [2.05, 4.69) is 22.1 Å². The minimum absolute atomic E-state index is 0.246. The van der Waals surface area contributed by atoms with Gasteiger partial charge >= 0.3 is 0 Å². The van der Waals surface area contributed by atoms with Crippen molar-refractivity contribution in [1.29, 1.82) is 0 Å². The minimum Gasteiger partial charge on any atom is -0.317 e. The smallest absolute Gasteiger partial charge is 0.141 e. The molecule has 2 heterocycles.